The topological polar surface area (TPSA) is 121 Å². The molecule has 0 spiro atoms. The first kappa shape index (κ1) is 27.7. The van der Waals surface area contributed by atoms with Crippen LogP contribution in [0.25, 0.3) is 0 Å². The molecule has 0 aliphatic heterocycles. The Balaban J connectivity index is 0.000000241. The molecule has 8 nitrogen and oxygen atoms in total. The molecule has 4 rings (SSSR count). The first-order chi connectivity index (χ1) is 16.4. The molecule has 2 aromatic heterocycles. The molecule has 0 aliphatic rings. The minimum absolute atomic E-state index is 0. The molecule has 0 saturated heterocycles. The van der Waals surface area contributed by atoms with Crippen LogP contribution in [0, 0.1) is 21.7 Å². The van der Waals surface area contributed by atoms with Crippen LogP contribution in [-0.2, 0) is 42.8 Å². The molecule has 2 heterocycles. The van der Waals surface area contributed by atoms with Crippen molar-refractivity contribution in [1.29, 1.82) is 0 Å². The van der Waals surface area contributed by atoms with Crippen molar-refractivity contribution in [3.8, 4) is 0 Å². The van der Waals surface area contributed by atoms with Crippen LogP contribution in [0.15, 0.2) is 70.2 Å². The summed E-state index contributed by atoms with van der Waals surface area (Å²) in [6.45, 7) is 0. The van der Waals surface area contributed by atoms with Crippen molar-refractivity contribution in [3.05, 3.63) is 106 Å². The molecule has 0 radical (unpaired) electrons. The van der Waals surface area contributed by atoms with Crippen molar-refractivity contribution in [1.82, 2.24) is 9.97 Å². The van der Waals surface area contributed by atoms with Gasteiger partial charge in [0.2, 0.25) is 0 Å². The fraction of sp³-hybridized carbons (Fsp3) is 0.250. The molecule has 186 valence electrons. The number of nitro benzene ring substituents is 1. The second kappa shape index (κ2) is 14.0. The molecule has 0 atom stereocenters. The minimum atomic E-state index is -0.611. The van der Waals surface area contributed by atoms with Gasteiger partial charge in [-0.05, 0) is 55.0 Å². The van der Waals surface area contributed by atoms with Gasteiger partial charge >= 0.3 is 0 Å². The minimum Gasteiger partial charge on any atom is -0.449 e. The molecule has 35 heavy (non-hydrogen) atoms. The number of oxazole rings is 2. The quantitative estimate of drug-likeness (QED) is 0.133. The number of hydrogen-bond donors (Lipinski definition) is 1. The summed E-state index contributed by atoms with van der Waals surface area (Å²) >= 11 is 0. The monoisotopic (exact) mass is 526 g/mol. The third-order valence-corrected chi connectivity index (χ3v) is 4.97. The first-order valence-corrected chi connectivity index (χ1v) is 10.7. The summed E-state index contributed by atoms with van der Waals surface area (Å²) in [5, 5.41) is 10.5. The number of benzene rings is 2. The van der Waals surface area contributed by atoms with Crippen molar-refractivity contribution in [2.75, 3.05) is 5.73 Å². The van der Waals surface area contributed by atoms with E-state index in [1.807, 2.05) is 0 Å². The van der Waals surface area contributed by atoms with Crippen molar-refractivity contribution in [2.45, 2.75) is 38.5 Å². The summed E-state index contributed by atoms with van der Waals surface area (Å²) < 4.78 is 37.1. The van der Waals surface area contributed by atoms with Gasteiger partial charge in [-0.2, -0.15) is 0 Å². The maximum absolute atomic E-state index is 13.5. The van der Waals surface area contributed by atoms with Gasteiger partial charge < -0.3 is 14.6 Å². The van der Waals surface area contributed by atoms with Crippen LogP contribution < -0.4 is 5.73 Å². The Morgan fingerprint density at radius 3 is 1.77 bits per heavy atom. The first-order valence-electron chi connectivity index (χ1n) is 10.7. The van der Waals surface area contributed by atoms with Crippen LogP contribution in [0.4, 0.5) is 20.2 Å². The van der Waals surface area contributed by atoms with Crippen LogP contribution in [-0.4, -0.2) is 14.9 Å². The number of nitrogens with two attached hydrogens (primary N) is 1. The maximum atomic E-state index is 13.5. The van der Waals surface area contributed by atoms with Gasteiger partial charge in [0.1, 0.15) is 24.2 Å². The van der Waals surface area contributed by atoms with Crippen LogP contribution in [0.1, 0.15) is 35.7 Å². The Labute approximate surface area is 211 Å². The van der Waals surface area contributed by atoms with Crippen molar-refractivity contribution in [2.24, 2.45) is 0 Å². The van der Waals surface area contributed by atoms with Gasteiger partial charge in [-0.3, -0.25) is 10.1 Å². The predicted octanol–water partition coefficient (Wildman–Crippen LogP) is 5.47. The number of rotatable bonds is 9. The number of hydrogen-bond acceptors (Lipinski definition) is 7. The van der Waals surface area contributed by atoms with E-state index in [0.29, 0.717) is 54.3 Å². The van der Waals surface area contributed by atoms with E-state index in [0.717, 1.165) is 18.9 Å². The average molecular weight is 526 g/mol. The Hall–Kier alpha value is -3.56. The molecule has 2 N–H and O–H groups in total. The maximum Gasteiger partial charge on any atom is 0.272 e. The van der Waals surface area contributed by atoms with Crippen molar-refractivity contribution in [3.63, 3.8) is 0 Å². The van der Waals surface area contributed by atoms with E-state index in [9.17, 15) is 18.9 Å². The van der Waals surface area contributed by atoms with E-state index in [1.54, 1.807) is 30.8 Å². The number of non-ortho nitro benzene ring substituents is 1. The molecule has 11 heteroatoms. The van der Waals surface area contributed by atoms with E-state index in [2.05, 4.69) is 9.97 Å². The second-order valence-electron chi connectivity index (χ2n) is 7.44. The molecule has 4 aromatic rings. The van der Waals surface area contributed by atoms with Gasteiger partial charge in [-0.25, -0.2) is 18.7 Å². The third-order valence-electron chi connectivity index (χ3n) is 4.97. The zero-order valence-corrected chi connectivity index (χ0v) is 19.8. The number of aryl methyl sites for hydroxylation is 4. The van der Waals surface area contributed by atoms with Gasteiger partial charge in [-0.1, -0.05) is 6.07 Å². The number of aromatic nitrogens is 2. The fourth-order valence-corrected chi connectivity index (χ4v) is 3.23. The van der Waals surface area contributed by atoms with E-state index < -0.39 is 10.7 Å². The predicted molar refractivity (Wildman–Crippen MR) is 121 cm³/mol. The molecule has 0 amide bonds. The standard InChI is InChI=1S/C12H11FN2O3.C12H13FN2O.Fe/c13-11-8-10(15(16)17)5-4-9(11)2-1-3-12-14-6-7-18-12;13-11-8-10(14)5-4-9(11)2-1-3-12-15-6-7-16-12;/h4-8H,1-3H2;4-8H,1-3,14H2;. The zero-order chi connectivity index (χ0) is 24.3. The van der Waals surface area contributed by atoms with Crippen LogP contribution in [0.5, 0.6) is 0 Å². The van der Waals surface area contributed by atoms with Crippen LogP contribution >= 0.6 is 0 Å². The summed E-state index contributed by atoms with van der Waals surface area (Å²) in [4.78, 5) is 17.8. The van der Waals surface area contributed by atoms with Crippen molar-refractivity contribution >= 4 is 11.4 Å². The van der Waals surface area contributed by atoms with Gasteiger partial charge in [0, 0.05) is 41.7 Å². The van der Waals surface area contributed by atoms with E-state index in [4.69, 9.17) is 14.6 Å². The Bertz CT molecular complexity index is 1190. The summed E-state index contributed by atoms with van der Waals surface area (Å²) in [5.74, 6) is 0.511. The molecule has 0 fully saturated rings. The van der Waals surface area contributed by atoms with Crippen molar-refractivity contribution < 1.29 is 39.6 Å². The molecular weight excluding hydrogens is 502 g/mol. The Morgan fingerprint density at radius 1 is 0.829 bits per heavy atom. The van der Waals surface area contributed by atoms with Crippen LogP contribution in [0.2, 0.25) is 0 Å². The number of nitrogen functional groups attached to an aromatic ring is 1. The van der Waals surface area contributed by atoms with E-state index >= 15 is 0 Å². The summed E-state index contributed by atoms with van der Waals surface area (Å²) in [6.07, 6.45) is 10.2. The largest absolute Gasteiger partial charge is 0.449 e. The smallest absolute Gasteiger partial charge is 0.272 e. The molecule has 2 aromatic carbocycles. The zero-order valence-electron chi connectivity index (χ0n) is 18.7. The molecule has 0 saturated carbocycles. The number of nitro groups is 1. The number of anilines is 1. The number of nitrogens with zero attached hydrogens (tertiary/aromatic N) is 3. The average Bonchev–Trinajstić information content (AvgIpc) is 3.51. The molecule has 0 unspecified atom stereocenters. The van der Waals surface area contributed by atoms with E-state index in [1.165, 1.54) is 24.5 Å². The normalized spacial score (nSPS) is 10.2. The van der Waals surface area contributed by atoms with E-state index in [-0.39, 0.29) is 28.6 Å². The van der Waals surface area contributed by atoms with Gasteiger partial charge in [0.15, 0.2) is 11.8 Å². The molecule has 0 bridgehead atoms. The second-order valence-corrected chi connectivity index (χ2v) is 7.44. The number of halogens is 2. The van der Waals surface area contributed by atoms with Gasteiger partial charge in [0.05, 0.1) is 23.4 Å². The molecule has 0 aliphatic carbocycles. The summed E-state index contributed by atoms with van der Waals surface area (Å²) in [7, 11) is 0. The fourth-order valence-electron chi connectivity index (χ4n) is 3.23. The van der Waals surface area contributed by atoms with Crippen LogP contribution in [0.3, 0.4) is 0 Å². The SMILES string of the molecule is Nc1ccc(CCCc2ncco2)c(F)c1.O=[N+]([O-])c1ccc(CCCc2ncco2)c(F)c1.[Fe]. The summed E-state index contributed by atoms with van der Waals surface area (Å²) in [6, 6.07) is 8.48. The van der Waals surface area contributed by atoms with Gasteiger partial charge in [-0.15, -0.1) is 0 Å². The molecular formula is C24H24F2FeN4O4. The van der Waals surface area contributed by atoms with Gasteiger partial charge in [0.25, 0.3) is 5.69 Å². The Kier molecular flexibility index (Phi) is 11.1. The third kappa shape index (κ3) is 8.95. The summed E-state index contributed by atoms with van der Waals surface area (Å²) in [5.41, 5.74) is 6.83. The Morgan fingerprint density at radius 2 is 1.34 bits per heavy atom.